The van der Waals surface area contributed by atoms with Gasteiger partial charge in [0.2, 0.25) is 0 Å². The number of rotatable bonds is 4. The number of esters is 1. The number of thiazole rings is 1. The summed E-state index contributed by atoms with van der Waals surface area (Å²) < 4.78 is 4.98. The van der Waals surface area contributed by atoms with E-state index in [1.165, 1.54) is 0 Å². The predicted octanol–water partition coefficient (Wildman–Crippen LogP) is 4.63. The number of nitrogens with zero attached hydrogens (tertiary/aromatic N) is 2. The van der Waals surface area contributed by atoms with Gasteiger partial charge < -0.3 is 4.74 Å². The molecule has 2 heterocycles. The molecule has 0 aliphatic rings. The van der Waals surface area contributed by atoms with Crippen molar-refractivity contribution in [3.8, 4) is 21.8 Å². The molecular formula is C17H15BrN2O2S. The topological polar surface area (TPSA) is 52.1 Å². The molecule has 0 radical (unpaired) electrons. The number of hydrogen-bond donors (Lipinski definition) is 0. The van der Waals surface area contributed by atoms with Gasteiger partial charge in [-0.05, 0) is 31.2 Å². The van der Waals surface area contributed by atoms with Crippen LogP contribution in [0.3, 0.4) is 0 Å². The first-order chi connectivity index (χ1) is 10.8. The second-order valence-corrected chi connectivity index (χ2v) is 5.43. The van der Waals surface area contributed by atoms with E-state index in [2.05, 4.69) is 9.97 Å². The Bertz CT molecular complexity index is 773. The Morgan fingerprint density at radius 3 is 2.43 bits per heavy atom. The van der Waals surface area contributed by atoms with Gasteiger partial charge in [0.05, 0.1) is 17.9 Å². The van der Waals surface area contributed by atoms with Gasteiger partial charge in [-0.25, -0.2) is 9.78 Å². The molecule has 4 nitrogen and oxygen atoms in total. The van der Waals surface area contributed by atoms with Gasteiger partial charge in [-0.2, -0.15) is 0 Å². The van der Waals surface area contributed by atoms with Crippen LogP contribution < -0.4 is 0 Å². The third-order valence-electron chi connectivity index (χ3n) is 3.12. The summed E-state index contributed by atoms with van der Waals surface area (Å²) in [6, 6.07) is 11.2. The van der Waals surface area contributed by atoms with Crippen LogP contribution in [0.2, 0.25) is 0 Å². The fraction of sp³-hybridized carbons (Fsp3) is 0.118. The lowest BCUT2D eigenvalue weighted by molar-refractivity contribution is 0.0526. The molecule has 0 amide bonds. The number of benzene rings is 1. The smallest absolute Gasteiger partial charge is 0.338 e. The first-order valence-corrected chi connectivity index (χ1v) is 7.79. The van der Waals surface area contributed by atoms with Crippen molar-refractivity contribution in [2.24, 2.45) is 0 Å². The number of hydrogen-bond acceptors (Lipinski definition) is 5. The summed E-state index contributed by atoms with van der Waals surface area (Å²) in [4.78, 5) is 20.3. The zero-order chi connectivity index (χ0) is 15.4. The van der Waals surface area contributed by atoms with Crippen molar-refractivity contribution in [2.75, 3.05) is 6.61 Å². The van der Waals surface area contributed by atoms with E-state index in [9.17, 15) is 4.79 Å². The molecule has 1 aromatic carbocycles. The molecule has 0 fully saturated rings. The van der Waals surface area contributed by atoms with E-state index in [-0.39, 0.29) is 23.0 Å². The predicted molar refractivity (Wildman–Crippen MR) is 97.1 cm³/mol. The lowest BCUT2D eigenvalue weighted by Gasteiger charge is -2.02. The fourth-order valence-corrected chi connectivity index (χ4v) is 2.86. The zero-order valence-electron chi connectivity index (χ0n) is 12.4. The normalized spacial score (nSPS) is 9.96. The van der Waals surface area contributed by atoms with Gasteiger partial charge >= 0.3 is 5.97 Å². The maximum absolute atomic E-state index is 11.6. The maximum Gasteiger partial charge on any atom is 0.338 e. The van der Waals surface area contributed by atoms with Crippen LogP contribution in [0.15, 0.2) is 54.2 Å². The minimum Gasteiger partial charge on any atom is -0.462 e. The highest BCUT2D eigenvalue weighted by Crippen LogP contribution is 2.28. The molecule has 23 heavy (non-hydrogen) atoms. The number of pyridine rings is 1. The fourth-order valence-electron chi connectivity index (χ4n) is 2.02. The Hall–Kier alpha value is -2.05. The molecule has 3 rings (SSSR count). The van der Waals surface area contributed by atoms with Crippen molar-refractivity contribution in [3.63, 3.8) is 0 Å². The monoisotopic (exact) mass is 390 g/mol. The minimum atomic E-state index is -0.301. The number of ether oxygens (including phenoxy) is 1. The van der Waals surface area contributed by atoms with Crippen LogP contribution >= 0.6 is 28.3 Å². The van der Waals surface area contributed by atoms with Crippen molar-refractivity contribution in [3.05, 3.63) is 59.7 Å². The second-order valence-electron chi connectivity index (χ2n) is 4.57. The van der Waals surface area contributed by atoms with Crippen LogP contribution in [-0.2, 0) is 4.74 Å². The average molecular weight is 391 g/mol. The van der Waals surface area contributed by atoms with E-state index in [4.69, 9.17) is 4.74 Å². The van der Waals surface area contributed by atoms with Gasteiger partial charge in [-0.15, -0.1) is 28.3 Å². The van der Waals surface area contributed by atoms with Crippen LogP contribution in [0.4, 0.5) is 0 Å². The lowest BCUT2D eigenvalue weighted by Crippen LogP contribution is -2.03. The molecule has 0 N–H and O–H groups in total. The molecule has 118 valence electrons. The van der Waals surface area contributed by atoms with E-state index >= 15 is 0 Å². The minimum absolute atomic E-state index is 0. The number of carbonyl (C=O) groups excluding carboxylic acids is 1. The highest BCUT2D eigenvalue weighted by molar-refractivity contribution is 8.93. The summed E-state index contributed by atoms with van der Waals surface area (Å²) in [5.41, 5.74) is 3.47. The summed E-state index contributed by atoms with van der Waals surface area (Å²) >= 11 is 1.59. The molecule has 0 aliphatic carbocycles. The van der Waals surface area contributed by atoms with Crippen LogP contribution in [0, 0.1) is 0 Å². The number of carbonyl (C=O) groups is 1. The van der Waals surface area contributed by atoms with Gasteiger partial charge in [-0.3, -0.25) is 4.98 Å². The molecule has 0 atom stereocenters. The van der Waals surface area contributed by atoms with E-state index in [0.717, 1.165) is 21.8 Å². The second kappa shape index (κ2) is 7.99. The van der Waals surface area contributed by atoms with Crippen molar-refractivity contribution >= 4 is 34.3 Å². The third-order valence-corrected chi connectivity index (χ3v) is 4.01. The Morgan fingerprint density at radius 1 is 1.09 bits per heavy atom. The molecule has 3 aromatic rings. The van der Waals surface area contributed by atoms with Crippen LogP contribution in [0.25, 0.3) is 21.8 Å². The van der Waals surface area contributed by atoms with Crippen molar-refractivity contribution < 1.29 is 9.53 Å². The standard InChI is InChI=1S/C17H14N2O2S.BrH/c1-2-21-17(20)14-5-3-12(4-6-14)15-11-22-16(19-15)13-7-9-18-10-8-13;/h3-11H,2H2,1H3;1H. The molecule has 0 unspecified atom stereocenters. The molecule has 0 saturated heterocycles. The van der Waals surface area contributed by atoms with Crippen molar-refractivity contribution in [1.29, 1.82) is 0 Å². The third kappa shape index (κ3) is 4.03. The van der Waals surface area contributed by atoms with E-state index < -0.39 is 0 Å². The molecule has 0 aliphatic heterocycles. The Kier molecular flexibility index (Phi) is 6.01. The zero-order valence-corrected chi connectivity index (χ0v) is 15.0. The SMILES string of the molecule is Br.CCOC(=O)c1ccc(-c2csc(-c3ccncc3)n2)cc1. The van der Waals surface area contributed by atoms with Crippen LogP contribution in [0.1, 0.15) is 17.3 Å². The molecule has 0 saturated carbocycles. The summed E-state index contributed by atoms with van der Waals surface area (Å²) in [7, 11) is 0. The molecule has 0 bridgehead atoms. The van der Waals surface area contributed by atoms with Gasteiger partial charge in [0.15, 0.2) is 0 Å². The van der Waals surface area contributed by atoms with Gasteiger partial charge in [0.1, 0.15) is 5.01 Å². The highest BCUT2D eigenvalue weighted by Gasteiger charge is 2.09. The quantitative estimate of drug-likeness (QED) is 0.609. The van der Waals surface area contributed by atoms with Crippen LogP contribution in [0.5, 0.6) is 0 Å². The largest absolute Gasteiger partial charge is 0.462 e. The van der Waals surface area contributed by atoms with Gasteiger partial charge in [-0.1, -0.05) is 12.1 Å². The first-order valence-electron chi connectivity index (χ1n) is 6.91. The molecule has 0 spiro atoms. The average Bonchev–Trinajstić information content (AvgIpc) is 3.06. The summed E-state index contributed by atoms with van der Waals surface area (Å²) in [6.45, 7) is 2.17. The van der Waals surface area contributed by atoms with E-state index in [1.807, 2.05) is 29.6 Å². The first kappa shape index (κ1) is 17.3. The van der Waals surface area contributed by atoms with Crippen molar-refractivity contribution in [1.82, 2.24) is 9.97 Å². The van der Waals surface area contributed by atoms with Crippen molar-refractivity contribution in [2.45, 2.75) is 6.92 Å². The number of aromatic nitrogens is 2. The highest BCUT2D eigenvalue weighted by atomic mass is 79.9. The molecule has 6 heteroatoms. The van der Waals surface area contributed by atoms with Crippen LogP contribution in [-0.4, -0.2) is 22.5 Å². The summed E-state index contributed by atoms with van der Waals surface area (Å²) in [6.07, 6.45) is 3.51. The van der Waals surface area contributed by atoms with Gasteiger partial charge in [0.25, 0.3) is 0 Å². The summed E-state index contributed by atoms with van der Waals surface area (Å²) in [5.74, 6) is -0.301. The Balaban J connectivity index is 0.00000192. The summed E-state index contributed by atoms with van der Waals surface area (Å²) in [5, 5.41) is 2.96. The maximum atomic E-state index is 11.6. The Morgan fingerprint density at radius 2 is 1.78 bits per heavy atom. The molecule has 2 aromatic heterocycles. The Labute approximate surface area is 149 Å². The van der Waals surface area contributed by atoms with E-state index in [0.29, 0.717) is 12.2 Å². The van der Waals surface area contributed by atoms with E-state index in [1.54, 1.807) is 42.8 Å². The molecular weight excluding hydrogens is 376 g/mol. The number of halogens is 1. The van der Waals surface area contributed by atoms with Gasteiger partial charge in [0, 0.05) is 28.9 Å². The lowest BCUT2D eigenvalue weighted by atomic mass is 10.1.